The zero-order valence-corrected chi connectivity index (χ0v) is 13.1. The van der Waals surface area contributed by atoms with Crippen LogP contribution in [-0.4, -0.2) is 18.2 Å². The van der Waals surface area contributed by atoms with E-state index in [0.29, 0.717) is 23.6 Å². The summed E-state index contributed by atoms with van der Waals surface area (Å²) in [6.07, 6.45) is 7.48. The number of methoxy groups -OCH3 is 1. The molecule has 1 aromatic rings. The fourth-order valence-corrected chi connectivity index (χ4v) is 4.36. The molecule has 3 nitrogen and oxygen atoms in total. The van der Waals surface area contributed by atoms with Gasteiger partial charge in [0.1, 0.15) is 5.75 Å². The van der Waals surface area contributed by atoms with Gasteiger partial charge in [0.2, 0.25) is 0 Å². The van der Waals surface area contributed by atoms with Crippen LogP contribution in [0, 0.1) is 0 Å². The van der Waals surface area contributed by atoms with E-state index in [1.807, 2.05) is 0 Å². The summed E-state index contributed by atoms with van der Waals surface area (Å²) in [7, 11) is 1.59. The number of carbonyl (C=O) groups is 1. The van der Waals surface area contributed by atoms with Crippen LogP contribution in [0.4, 0.5) is 0 Å². The Balaban J connectivity index is 2.21. The molecule has 1 N–H and O–H groups in total. The fourth-order valence-electron chi connectivity index (χ4n) is 3.97. The lowest BCUT2D eigenvalue weighted by Crippen LogP contribution is -2.33. The summed E-state index contributed by atoms with van der Waals surface area (Å²) in [5, 5.41) is 10.5. The van der Waals surface area contributed by atoms with Gasteiger partial charge in [0.25, 0.3) is 0 Å². The second kappa shape index (κ2) is 5.53. The van der Waals surface area contributed by atoms with E-state index in [9.17, 15) is 9.90 Å². The second-order valence-electron chi connectivity index (χ2n) is 6.21. The van der Waals surface area contributed by atoms with Crippen LogP contribution in [0.15, 0.2) is 6.07 Å². The van der Waals surface area contributed by atoms with Crippen molar-refractivity contribution in [2.45, 2.75) is 56.8 Å². The molecule has 114 valence electrons. The molecule has 2 aliphatic rings. The molecule has 0 unspecified atom stereocenters. The summed E-state index contributed by atoms with van der Waals surface area (Å²) < 4.78 is 5.53. The Labute approximate surface area is 130 Å². The lowest BCUT2D eigenvalue weighted by molar-refractivity contribution is -0.143. The lowest BCUT2D eigenvalue weighted by Gasteiger charge is -2.30. The number of ether oxygens (including phenoxy) is 1. The van der Waals surface area contributed by atoms with Crippen molar-refractivity contribution in [3.05, 3.63) is 27.8 Å². The quantitative estimate of drug-likeness (QED) is 0.913. The Hall–Kier alpha value is -1.22. The number of carboxylic acid groups (broad SMARTS) is 1. The number of rotatable bonds is 3. The first kappa shape index (κ1) is 14.7. The molecule has 1 saturated carbocycles. The van der Waals surface area contributed by atoms with E-state index < -0.39 is 11.4 Å². The van der Waals surface area contributed by atoms with E-state index in [1.165, 1.54) is 5.56 Å². The summed E-state index contributed by atoms with van der Waals surface area (Å²) in [5.74, 6) is -0.160. The van der Waals surface area contributed by atoms with Gasteiger partial charge in [-0.2, -0.15) is 0 Å². The van der Waals surface area contributed by atoms with E-state index in [-0.39, 0.29) is 0 Å². The van der Waals surface area contributed by atoms with Gasteiger partial charge in [-0.1, -0.05) is 30.5 Å². The van der Waals surface area contributed by atoms with Crippen molar-refractivity contribution in [1.82, 2.24) is 0 Å². The first-order chi connectivity index (χ1) is 10.1. The Bertz CT molecular complexity index is 574. The van der Waals surface area contributed by atoms with Crippen LogP contribution in [0.3, 0.4) is 0 Å². The number of benzene rings is 1. The van der Waals surface area contributed by atoms with Crippen LogP contribution < -0.4 is 4.74 Å². The zero-order valence-electron chi connectivity index (χ0n) is 12.4. The molecule has 0 amide bonds. The fraction of sp³-hybridized carbons (Fsp3) is 0.588. The highest BCUT2D eigenvalue weighted by molar-refractivity contribution is 6.33. The molecular weight excluding hydrogens is 288 g/mol. The predicted molar refractivity (Wildman–Crippen MR) is 82.4 cm³/mol. The van der Waals surface area contributed by atoms with E-state index in [0.717, 1.165) is 49.7 Å². The Morgan fingerprint density at radius 2 is 1.90 bits per heavy atom. The maximum atomic E-state index is 12.0. The van der Waals surface area contributed by atoms with Crippen LogP contribution in [-0.2, 0) is 23.1 Å². The average Bonchev–Trinajstić information content (AvgIpc) is 2.98. The van der Waals surface area contributed by atoms with Crippen LogP contribution in [0.2, 0.25) is 5.02 Å². The molecular formula is C17H21ClO3. The highest BCUT2D eigenvalue weighted by Gasteiger charge is 2.45. The lowest BCUT2D eigenvalue weighted by atomic mass is 9.76. The number of hydrogen-bond acceptors (Lipinski definition) is 2. The highest BCUT2D eigenvalue weighted by atomic mass is 35.5. The maximum absolute atomic E-state index is 12.0. The number of halogens is 1. The number of fused-ring (bicyclic) bond motifs is 1. The summed E-state index contributed by atoms with van der Waals surface area (Å²) in [5.41, 5.74) is 2.35. The largest absolute Gasteiger partial charge is 0.495 e. The summed E-state index contributed by atoms with van der Waals surface area (Å²) in [6.45, 7) is 0. The molecule has 1 aromatic carbocycles. The molecule has 4 heteroatoms. The molecule has 0 atom stereocenters. The third kappa shape index (κ3) is 2.22. The van der Waals surface area contributed by atoms with Crippen molar-refractivity contribution in [1.29, 1.82) is 0 Å². The molecule has 0 aromatic heterocycles. The minimum Gasteiger partial charge on any atom is -0.495 e. The standard InChI is InChI=1S/C17H21ClO3/c1-21-15-13(17(16(19)20)8-4-5-9-17)10-11-6-2-3-7-12(11)14(15)18/h10H,2-9H2,1H3,(H,19,20). The molecule has 0 radical (unpaired) electrons. The van der Waals surface area contributed by atoms with Crippen molar-refractivity contribution >= 4 is 17.6 Å². The van der Waals surface area contributed by atoms with E-state index in [2.05, 4.69) is 6.07 Å². The Morgan fingerprint density at radius 3 is 2.52 bits per heavy atom. The molecule has 3 rings (SSSR count). The van der Waals surface area contributed by atoms with E-state index >= 15 is 0 Å². The van der Waals surface area contributed by atoms with Crippen molar-refractivity contribution in [2.24, 2.45) is 0 Å². The first-order valence-electron chi connectivity index (χ1n) is 7.72. The molecule has 1 fully saturated rings. The number of hydrogen-bond donors (Lipinski definition) is 1. The van der Waals surface area contributed by atoms with Gasteiger partial charge in [-0.15, -0.1) is 0 Å². The van der Waals surface area contributed by atoms with Gasteiger partial charge in [0.15, 0.2) is 0 Å². The highest BCUT2D eigenvalue weighted by Crippen LogP contribution is 2.49. The molecule has 2 aliphatic carbocycles. The SMILES string of the molecule is COc1c(C2(C(=O)O)CCCC2)cc2c(c1Cl)CCCC2. The average molecular weight is 309 g/mol. The van der Waals surface area contributed by atoms with Crippen LogP contribution in [0.25, 0.3) is 0 Å². The van der Waals surface area contributed by atoms with Crippen LogP contribution in [0.5, 0.6) is 5.75 Å². The monoisotopic (exact) mass is 308 g/mol. The summed E-state index contributed by atoms with van der Waals surface area (Å²) >= 11 is 6.56. The summed E-state index contributed by atoms with van der Waals surface area (Å²) in [6, 6.07) is 2.07. The third-order valence-corrected chi connectivity index (χ3v) is 5.52. The van der Waals surface area contributed by atoms with Crippen molar-refractivity contribution in [2.75, 3.05) is 7.11 Å². The first-order valence-corrected chi connectivity index (χ1v) is 8.10. The normalized spacial score (nSPS) is 20.1. The van der Waals surface area contributed by atoms with Gasteiger partial charge in [-0.25, -0.2) is 0 Å². The number of aliphatic carboxylic acids is 1. The van der Waals surface area contributed by atoms with Gasteiger partial charge >= 0.3 is 5.97 Å². The molecule has 21 heavy (non-hydrogen) atoms. The minimum absolute atomic E-state index is 0.585. The zero-order chi connectivity index (χ0) is 15.0. The maximum Gasteiger partial charge on any atom is 0.314 e. The Kier molecular flexibility index (Phi) is 3.87. The Morgan fingerprint density at radius 1 is 1.24 bits per heavy atom. The third-order valence-electron chi connectivity index (χ3n) is 5.12. The molecule has 0 heterocycles. The van der Waals surface area contributed by atoms with Crippen molar-refractivity contribution < 1.29 is 14.6 Å². The minimum atomic E-state index is -0.818. The molecule has 0 saturated heterocycles. The second-order valence-corrected chi connectivity index (χ2v) is 6.59. The van der Waals surface area contributed by atoms with Crippen molar-refractivity contribution in [3.8, 4) is 5.75 Å². The van der Waals surface area contributed by atoms with Gasteiger partial charge in [0, 0.05) is 5.56 Å². The molecule has 0 aliphatic heterocycles. The number of carboxylic acids is 1. The van der Waals surface area contributed by atoms with Crippen LogP contribution >= 0.6 is 11.6 Å². The van der Waals surface area contributed by atoms with Gasteiger partial charge < -0.3 is 9.84 Å². The smallest absolute Gasteiger partial charge is 0.314 e. The molecule has 0 spiro atoms. The van der Waals surface area contributed by atoms with E-state index in [1.54, 1.807) is 7.11 Å². The number of aryl methyl sites for hydroxylation is 1. The van der Waals surface area contributed by atoms with Gasteiger partial charge in [-0.05, 0) is 49.7 Å². The molecule has 0 bridgehead atoms. The van der Waals surface area contributed by atoms with E-state index in [4.69, 9.17) is 16.3 Å². The van der Waals surface area contributed by atoms with Gasteiger partial charge in [-0.3, -0.25) is 4.79 Å². The van der Waals surface area contributed by atoms with Gasteiger partial charge in [0.05, 0.1) is 17.5 Å². The van der Waals surface area contributed by atoms with Crippen molar-refractivity contribution in [3.63, 3.8) is 0 Å². The van der Waals surface area contributed by atoms with Crippen LogP contribution in [0.1, 0.15) is 55.2 Å². The predicted octanol–water partition coefficient (Wildman–Crippen LogP) is 4.12. The topological polar surface area (TPSA) is 46.5 Å². The summed E-state index contributed by atoms with van der Waals surface area (Å²) in [4.78, 5) is 12.0.